The summed E-state index contributed by atoms with van der Waals surface area (Å²) >= 11 is 6.37. The number of halogens is 1. The van der Waals surface area contributed by atoms with Crippen LogP contribution in [-0.2, 0) is 16.1 Å². The van der Waals surface area contributed by atoms with Gasteiger partial charge in [-0.3, -0.25) is 19.8 Å². The van der Waals surface area contributed by atoms with Crippen molar-refractivity contribution >= 4 is 35.5 Å². The number of rotatable bonds is 12. The average molecular weight is 541 g/mol. The van der Waals surface area contributed by atoms with Gasteiger partial charge in [-0.25, -0.2) is 4.79 Å². The van der Waals surface area contributed by atoms with Crippen LogP contribution in [0.15, 0.2) is 35.9 Å². The van der Waals surface area contributed by atoms with Gasteiger partial charge in [0.15, 0.2) is 23.0 Å². The number of terminal acetylenes is 1. The Morgan fingerprint density at radius 2 is 1.71 bits per heavy atom. The van der Waals surface area contributed by atoms with Crippen molar-refractivity contribution in [3.05, 3.63) is 52.1 Å². The number of urea groups is 1. The molecule has 0 bridgehead atoms. The minimum atomic E-state index is -0.826. The quantitative estimate of drug-likeness (QED) is 0.238. The minimum Gasteiger partial charge on any atom is -0.490 e. The molecular formula is C28H29ClN2O7. The molecule has 0 aromatic heterocycles. The van der Waals surface area contributed by atoms with Crippen LogP contribution in [0.25, 0.3) is 6.08 Å². The van der Waals surface area contributed by atoms with Gasteiger partial charge in [0.25, 0.3) is 11.8 Å². The maximum atomic E-state index is 13.3. The van der Waals surface area contributed by atoms with E-state index in [4.69, 9.17) is 37.0 Å². The summed E-state index contributed by atoms with van der Waals surface area (Å²) in [6.45, 7) is 6.76. The van der Waals surface area contributed by atoms with E-state index in [2.05, 4.69) is 11.2 Å². The molecule has 2 aromatic rings. The Bertz CT molecular complexity index is 1280. The Balaban J connectivity index is 1.91. The molecule has 200 valence electrons. The molecule has 0 radical (unpaired) electrons. The monoisotopic (exact) mass is 540 g/mol. The molecule has 1 aliphatic heterocycles. The first-order valence-electron chi connectivity index (χ1n) is 12.1. The van der Waals surface area contributed by atoms with Crippen LogP contribution in [0.3, 0.4) is 0 Å². The summed E-state index contributed by atoms with van der Waals surface area (Å²) in [6, 6.07) is 7.42. The van der Waals surface area contributed by atoms with Crippen molar-refractivity contribution in [3.63, 3.8) is 0 Å². The molecule has 4 amide bonds. The van der Waals surface area contributed by atoms with Crippen molar-refractivity contribution in [2.24, 2.45) is 0 Å². The minimum absolute atomic E-state index is 0.0189. The Hall–Kier alpha value is -4.16. The highest BCUT2D eigenvalue weighted by atomic mass is 35.5. The van der Waals surface area contributed by atoms with Gasteiger partial charge in [-0.2, -0.15) is 0 Å². The first-order valence-corrected chi connectivity index (χ1v) is 12.5. The van der Waals surface area contributed by atoms with E-state index in [0.29, 0.717) is 48.2 Å². The Morgan fingerprint density at radius 3 is 2.39 bits per heavy atom. The standard InChI is InChI=1S/C28H29ClN2O7/c1-5-11-37-22-10-9-18(15-23(22)35-7-3)17-31-27(33)20(26(32)30-28(31)34)13-19-14-21(29)25(38-12-6-2)24(16-19)36-8-4/h2,9-10,13-16H,5,7-8,11-12,17H2,1,3-4H3,(H,30,32,34)/b20-13+. The lowest BCUT2D eigenvalue weighted by Crippen LogP contribution is -2.53. The maximum absolute atomic E-state index is 13.3. The average Bonchev–Trinajstić information content (AvgIpc) is 2.88. The van der Waals surface area contributed by atoms with Crippen LogP contribution in [-0.4, -0.2) is 49.2 Å². The molecule has 9 nitrogen and oxygen atoms in total. The van der Waals surface area contributed by atoms with Crippen molar-refractivity contribution in [3.8, 4) is 35.3 Å². The second-order valence-electron chi connectivity index (χ2n) is 8.03. The second kappa shape index (κ2) is 13.4. The van der Waals surface area contributed by atoms with E-state index in [9.17, 15) is 14.4 Å². The van der Waals surface area contributed by atoms with Crippen molar-refractivity contribution < 1.29 is 33.3 Å². The van der Waals surface area contributed by atoms with Gasteiger partial charge in [0.05, 0.1) is 31.4 Å². The van der Waals surface area contributed by atoms with Crippen LogP contribution in [0.2, 0.25) is 5.02 Å². The first kappa shape index (κ1) is 28.4. The van der Waals surface area contributed by atoms with E-state index in [1.165, 1.54) is 12.1 Å². The summed E-state index contributed by atoms with van der Waals surface area (Å²) in [5, 5.41) is 2.40. The van der Waals surface area contributed by atoms with Crippen LogP contribution in [0, 0.1) is 12.3 Å². The summed E-state index contributed by atoms with van der Waals surface area (Å²) in [7, 11) is 0. The predicted octanol–water partition coefficient (Wildman–Crippen LogP) is 4.60. The van der Waals surface area contributed by atoms with E-state index in [0.717, 1.165) is 11.3 Å². The molecule has 10 heteroatoms. The molecule has 0 atom stereocenters. The lowest BCUT2D eigenvalue weighted by Gasteiger charge is -2.26. The third-order valence-electron chi connectivity index (χ3n) is 5.24. The number of hydrogen-bond donors (Lipinski definition) is 1. The summed E-state index contributed by atoms with van der Waals surface area (Å²) in [5.74, 6) is 2.39. The third kappa shape index (κ3) is 6.78. The molecule has 0 unspecified atom stereocenters. The molecule has 38 heavy (non-hydrogen) atoms. The van der Waals surface area contributed by atoms with Gasteiger partial charge < -0.3 is 18.9 Å². The lowest BCUT2D eigenvalue weighted by molar-refractivity contribution is -0.130. The van der Waals surface area contributed by atoms with Crippen LogP contribution in [0.4, 0.5) is 4.79 Å². The molecule has 3 rings (SSSR count). The fourth-order valence-electron chi connectivity index (χ4n) is 3.63. The molecule has 1 aliphatic rings. The van der Waals surface area contributed by atoms with E-state index in [1.54, 1.807) is 31.2 Å². The SMILES string of the molecule is C#CCOc1c(Cl)cc(/C=C2\C(=O)NC(=O)N(Cc3ccc(OCCC)c(OCC)c3)C2=O)cc1OCC. The molecule has 1 saturated heterocycles. The molecule has 1 N–H and O–H groups in total. The molecule has 1 heterocycles. The van der Waals surface area contributed by atoms with Gasteiger partial charge in [-0.15, -0.1) is 6.42 Å². The normalized spacial score (nSPS) is 14.2. The zero-order valence-corrected chi connectivity index (χ0v) is 22.2. The van der Waals surface area contributed by atoms with E-state index in [1.807, 2.05) is 13.8 Å². The van der Waals surface area contributed by atoms with Crippen LogP contribution in [0.1, 0.15) is 38.3 Å². The lowest BCUT2D eigenvalue weighted by atomic mass is 10.1. The van der Waals surface area contributed by atoms with Crippen molar-refractivity contribution in [2.75, 3.05) is 26.4 Å². The zero-order valence-electron chi connectivity index (χ0n) is 21.5. The Labute approximate surface area is 226 Å². The molecule has 0 saturated carbocycles. The fraction of sp³-hybridized carbons (Fsp3) is 0.321. The summed E-state index contributed by atoms with van der Waals surface area (Å²) in [4.78, 5) is 39.4. The number of carbonyl (C=O) groups is 3. The van der Waals surface area contributed by atoms with Crippen LogP contribution >= 0.6 is 11.6 Å². The smallest absolute Gasteiger partial charge is 0.331 e. The number of ether oxygens (including phenoxy) is 4. The molecular weight excluding hydrogens is 512 g/mol. The van der Waals surface area contributed by atoms with Gasteiger partial charge in [-0.1, -0.05) is 30.5 Å². The summed E-state index contributed by atoms with van der Waals surface area (Å²) < 4.78 is 22.5. The molecule has 1 fully saturated rings. The summed E-state index contributed by atoms with van der Waals surface area (Å²) in [6.07, 6.45) is 7.44. The van der Waals surface area contributed by atoms with Gasteiger partial charge in [0.2, 0.25) is 0 Å². The largest absolute Gasteiger partial charge is 0.490 e. The van der Waals surface area contributed by atoms with E-state index < -0.39 is 17.8 Å². The summed E-state index contributed by atoms with van der Waals surface area (Å²) in [5.41, 5.74) is 0.773. The number of carbonyl (C=O) groups excluding carboxylic acids is 3. The van der Waals surface area contributed by atoms with E-state index >= 15 is 0 Å². The predicted molar refractivity (Wildman–Crippen MR) is 142 cm³/mol. The Kier molecular flexibility index (Phi) is 10.0. The first-order chi connectivity index (χ1) is 18.3. The number of barbiturate groups is 1. The van der Waals surface area contributed by atoms with E-state index in [-0.39, 0.29) is 29.5 Å². The van der Waals surface area contributed by atoms with Crippen LogP contribution in [0.5, 0.6) is 23.0 Å². The number of imide groups is 2. The number of nitrogens with one attached hydrogen (secondary N) is 1. The highest BCUT2D eigenvalue weighted by Crippen LogP contribution is 2.37. The van der Waals surface area contributed by atoms with Gasteiger partial charge in [-0.05, 0) is 61.7 Å². The number of hydrogen-bond acceptors (Lipinski definition) is 7. The number of amides is 4. The highest BCUT2D eigenvalue weighted by molar-refractivity contribution is 6.33. The van der Waals surface area contributed by atoms with Crippen LogP contribution < -0.4 is 24.3 Å². The highest BCUT2D eigenvalue weighted by Gasteiger charge is 2.36. The maximum Gasteiger partial charge on any atom is 0.331 e. The zero-order chi connectivity index (χ0) is 27.7. The van der Waals surface area contributed by atoms with Crippen molar-refractivity contribution in [1.82, 2.24) is 10.2 Å². The number of nitrogens with zero attached hydrogens (tertiary/aromatic N) is 1. The second-order valence-corrected chi connectivity index (χ2v) is 8.43. The molecule has 0 spiro atoms. The molecule has 0 aliphatic carbocycles. The van der Waals surface area contributed by atoms with Gasteiger partial charge in [0.1, 0.15) is 12.2 Å². The van der Waals surface area contributed by atoms with Crippen molar-refractivity contribution in [2.45, 2.75) is 33.7 Å². The van der Waals surface area contributed by atoms with Gasteiger partial charge in [0, 0.05) is 0 Å². The topological polar surface area (TPSA) is 103 Å². The number of benzene rings is 2. The third-order valence-corrected chi connectivity index (χ3v) is 5.52. The fourth-order valence-corrected chi connectivity index (χ4v) is 3.90. The van der Waals surface area contributed by atoms with Crippen molar-refractivity contribution in [1.29, 1.82) is 0 Å². The Morgan fingerprint density at radius 1 is 0.974 bits per heavy atom. The van der Waals surface area contributed by atoms with Gasteiger partial charge >= 0.3 is 6.03 Å². The molecule has 2 aromatic carbocycles.